The van der Waals surface area contributed by atoms with E-state index in [1.165, 1.54) is 17.0 Å². The van der Waals surface area contributed by atoms with Crippen molar-refractivity contribution in [2.24, 2.45) is 0 Å². The Hall–Kier alpha value is -3.45. The topological polar surface area (TPSA) is 220 Å². The molecule has 14 nitrogen and oxygen atoms in total. The van der Waals surface area contributed by atoms with E-state index in [2.05, 4.69) is 20.3 Å². The monoisotopic (exact) mass is 615 g/mol. The molecule has 1 aromatic heterocycles. The Bertz CT molecular complexity index is 1850. The van der Waals surface area contributed by atoms with Gasteiger partial charge in [-0.3, -0.25) is 9.11 Å². The average molecular weight is 616 g/mol. The second-order valence-corrected chi connectivity index (χ2v) is 12.0. The summed E-state index contributed by atoms with van der Waals surface area (Å²) in [5.41, 5.74) is 0.272. The number of nitrogens with one attached hydrogen (secondary N) is 1. The molecule has 18 heteroatoms. The van der Waals surface area contributed by atoms with Crippen molar-refractivity contribution >= 4 is 77.0 Å². The van der Waals surface area contributed by atoms with Crippen LogP contribution < -0.4 is 10.2 Å². The summed E-state index contributed by atoms with van der Waals surface area (Å²) in [6.45, 7) is 2.03. The molecule has 206 valence electrons. The number of rotatable bonds is 8. The SMILES string of the molecule is CCN(c1cccc(S(=O)O)c1)c1nc(Cl)nc(Nc2cc(S(=O)(=O)O)cc3cc(S(=O)(=O)O)cc(O)c23)n1. The summed E-state index contributed by atoms with van der Waals surface area (Å²) in [7, 11) is -9.60. The van der Waals surface area contributed by atoms with Crippen LogP contribution in [-0.2, 0) is 31.3 Å². The molecule has 5 N–H and O–H groups in total. The Kier molecular flexibility index (Phi) is 7.77. The van der Waals surface area contributed by atoms with E-state index < -0.39 is 46.9 Å². The average Bonchev–Trinajstić information content (AvgIpc) is 2.83. The summed E-state index contributed by atoms with van der Waals surface area (Å²) in [5, 5.41) is 12.7. The zero-order valence-corrected chi connectivity index (χ0v) is 22.8. The summed E-state index contributed by atoms with van der Waals surface area (Å²) in [6, 6.07) is 9.57. The highest BCUT2D eigenvalue weighted by molar-refractivity contribution is 7.86. The van der Waals surface area contributed by atoms with Gasteiger partial charge >= 0.3 is 0 Å². The summed E-state index contributed by atoms with van der Waals surface area (Å²) in [5.74, 6) is -0.903. The number of nitrogens with zero attached hydrogens (tertiary/aromatic N) is 4. The molecule has 4 aromatic rings. The molecule has 1 unspecified atom stereocenters. The van der Waals surface area contributed by atoms with Crippen molar-refractivity contribution in [2.45, 2.75) is 21.6 Å². The molecule has 0 fully saturated rings. The maximum atomic E-state index is 11.9. The van der Waals surface area contributed by atoms with Crippen LogP contribution in [0.5, 0.6) is 5.75 Å². The van der Waals surface area contributed by atoms with Crippen LogP contribution in [0.1, 0.15) is 6.92 Å². The fraction of sp³-hybridized carbons (Fsp3) is 0.0952. The van der Waals surface area contributed by atoms with Gasteiger partial charge in [-0.1, -0.05) is 6.07 Å². The van der Waals surface area contributed by atoms with E-state index in [1.54, 1.807) is 19.1 Å². The number of halogens is 1. The van der Waals surface area contributed by atoms with E-state index in [1.807, 2.05) is 0 Å². The maximum absolute atomic E-state index is 11.9. The molecule has 0 radical (unpaired) electrons. The van der Waals surface area contributed by atoms with Crippen LogP contribution in [-0.4, -0.2) is 61.3 Å². The second kappa shape index (κ2) is 10.6. The van der Waals surface area contributed by atoms with Crippen LogP contribution in [0.15, 0.2) is 63.2 Å². The lowest BCUT2D eigenvalue weighted by Crippen LogP contribution is -2.20. The highest BCUT2D eigenvalue weighted by Crippen LogP contribution is 2.38. The minimum Gasteiger partial charge on any atom is -0.507 e. The largest absolute Gasteiger partial charge is 0.507 e. The van der Waals surface area contributed by atoms with Crippen molar-refractivity contribution < 1.29 is 39.8 Å². The van der Waals surface area contributed by atoms with Gasteiger partial charge in [-0.05, 0) is 60.3 Å². The van der Waals surface area contributed by atoms with Gasteiger partial charge in [0.25, 0.3) is 20.2 Å². The molecule has 0 aliphatic heterocycles. The number of phenolic OH excluding ortho intramolecular Hbond substituents is 1. The lowest BCUT2D eigenvalue weighted by molar-refractivity contribution is 0.471. The second-order valence-electron chi connectivity index (χ2n) is 7.81. The Morgan fingerprint density at radius 1 is 0.974 bits per heavy atom. The fourth-order valence-corrected chi connectivity index (χ4v) is 5.32. The van der Waals surface area contributed by atoms with Crippen LogP contribution in [0.25, 0.3) is 10.8 Å². The smallest absolute Gasteiger partial charge is 0.294 e. The molecule has 0 amide bonds. The summed E-state index contributed by atoms with van der Waals surface area (Å²) < 4.78 is 87.0. The Morgan fingerprint density at radius 2 is 1.62 bits per heavy atom. The van der Waals surface area contributed by atoms with Gasteiger partial charge in [0.05, 0.1) is 20.4 Å². The molecule has 0 spiro atoms. The highest BCUT2D eigenvalue weighted by Gasteiger charge is 2.21. The lowest BCUT2D eigenvalue weighted by Gasteiger charge is -2.22. The number of hydrogen-bond acceptors (Lipinski definition) is 11. The van der Waals surface area contributed by atoms with Crippen LogP contribution >= 0.6 is 11.6 Å². The van der Waals surface area contributed by atoms with E-state index >= 15 is 0 Å². The Labute approximate surface area is 229 Å². The van der Waals surface area contributed by atoms with Crippen LogP contribution in [0.2, 0.25) is 5.28 Å². The molecule has 1 heterocycles. The van der Waals surface area contributed by atoms with Crippen molar-refractivity contribution in [3.8, 4) is 5.75 Å². The lowest BCUT2D eigenvalue weighted by atomic mass is 10.1. The van der Waals surface area contributed by atoms with Gasteiger partial charge in [0.15, 0.2) is 11.1 Å². The fourth-order valence-electron chi connectivity index (χ4n) is 3.67. The summed E-state index contributed by atoms with van der Waals surface area (Å²) in [6.07, 6.45) is 0. The first-order valence-electron chi connectivity index (χ1n) is 10.6. The number of benzene rings is 3. The number of hydrogen-bond donors (Lipinski definition) is 5. The van der Waals surface area contributed by atoms with Gasteiger partial charge in [0.2, 0.25) is 17.2 Å². The molecule has 0 aliphatic carbocycles. The maximum Gasteiger partial charge on any atom is 0.294 e. The first kappa shape index (κ1) is 28.6. The van der Waals surface area contributed by atoms with Gasteiger partial charge in [-0.2, -0.15) is 31.8 Å². The number of aromatic hydroxyl groups is 1. The third-order valence-electron chi connectivity index (χ3n) is 5.30. The van der Waals surface area contributed by atoms with E-state index in [9.17, 15) is 39.8 Å². The Balaban J connectivity index is 1.87. The molecule has 0 bridgehead atoms. The van der Waals surface area contributed by atoms with Crippen molar-refractivity contribution in [1.29, 1.82) is 0 Å². The first-order chi connectivity index (χ1) is 18.2. The van der Waals surface area contributed by atoms with Crippen molar-refractivity contribution in [3.63, 3.8) is 0 Å². The zero-order chi connectivity index (χ0) is 28.7. The number of aromatic nitrogens is 3. The molecule has 3 aromatic carbocycles. The molecule has 0 aliphatic rings. The first-order valence-corrected chi connectivity index (χ1v) is 15.0. The van der Waals surface area contributed by atoms with Crippen LogP contribution in [0.4, 0.5) is 23.3 Å². The van der Waals surface area contributed by atoms with Crippen LogP contribution in [0, 0.1) is 0 Å². The van der Waals surface area contributed by atoms with Gasteiger partial charge < -0.3 is 19.9 Å². The zero-order valence-electron chi connectivity index (χ0n) is 19.5. The predicted molar refractivity (Wildman–Crippen MR) is 142 cm³/mol. The summed E-state index contributed by atoms with van der Waals surface area (Å²) in [4.78, 5) is 12.6. The van der Waals surface area contributed by atoms with Gasteiger partial charge in [-0.25, -0.2) is 4.21 Å². The molecule has 4 rings (SSSR count). The minimum absolute atomic E-state index is 0.00556. The molecular formula is C21H18ClN5O9S3. The van der Waals surface area contributed by atoms with E-state index in [-0.39, 0.29) is 45.1 Å². The third kappa shape index (κ3) is 6.25. The van der Waals surface area contributed by atoms with Crippen LogP contribution in [0.3, 0.4) is 0 Å². The van der Waals surface area contributed by atoms with Gasteiger partial charge in [0.1, 0.15) is 5.75 Å². The van der Waals surface area contributed by atoms with Crippen molar-refractivity contribution in [1.82, 2.24) is 15.0 Å². The van der Waals surface area contributed by atoms with E-state index in [4.69, 9.17) is 11.6 Å². The quantitative estimate of drug-likeness (QED) is 0.142. The third-order valence-corrected chi connectivity index (χ3v) is 7.79. The standard InChI is InChI=1S/C21H18ClN5O9S3/c1-2-27(12-4-3-5-13(8-12)37(29)30)21-25-19(22)24-20(26-21)23-16-9-14(38(31,32)33)6-11-7-15(39(34,35)36)10-17(28)18(11)16/h3-10,28H,2H2,1H3,(H,29,30)(H,31,32,33)(H,34,35,36)(H,23,24,25,26). The molecule has 0 saturated carbocycles. The predicted octanol–water partition coefficient (Wildman–Crippen LogP) is 3.36. The molecule has 1 atom stereocenters. The van der Waals surface area contributed by atoms with Gasteiger partial charge in [0, 0.05) is 23.7 Å². The number of anilines is 4. The number of fused-ring (bicyclic) bond motifs is 1. The van der Waals surface area contributed by atoms with Gasteiger partial charge in [-0.15, -0.1) is 0 Å². The molecular weight excluding hydrogens is 598 g/mol. The molecule has 0 saturated heterocycles. The Morgan fingerprint density at radius 3 is 2.21 bits per heavy atom. The van der Waals surface area contributed by atoms with Crippen molar-refractivity contribution in [3.05, 3.63) is 53.8 Å². The normalized spacial score (nSPS) is 12.8. The minimum atomic E-state index is -4.82. The number of phenols is 1. The van der Waals surface area contributed by atoms with E-state index in [0.717, 1.165) is 24.3 Å². The highest BCUT2D eigenvalue weighted by atomic mass is 35.5. The van der Waals surface area contributed by atoms with Crippen molar-refractivity contribution in [2.75, 3.05) is 16.8 Å². The summed E-state index contributed by atoms with van der Waals surface area (Å²) >= 11 is 3.87. The molecule has 39 heavy (non-hydrogen) atoms. The van der Waals surface area contributed by atoms with E-state index in [0.29, 0.717) is 5.69 Å².